The first-order valence-corrected chi connectivity index (χ1v) is 7.18. The molecule has 0 saturated carbocycles. The summed E-state index contributed by atoms with van der Waals surface area (Å²) in [6, 6.07) is 8.08. The molecule has 1 aliphatic rings. The lowest BCUT2D eigenvalue weighted by atomic mass is 10.1. The van der Waals surface area contributed by atoms with Crippen LogP contribution in [0.5, 0.6) is 0 Å². The van der Waals surface area contributed by atoms with Crippen LogP contribution in [0.2, 0.25) is 0 Å². The lowest BCUT2D eigenvalue weighted by molar-refractivity contribution is 0.318. The molecule has 6 heteroatoms. The molecule has 0 unspecified atom stereocenters. The van der Waals surface area contributed by atoms with E-state index in [9.17, 15) is 0 Å². The minimum atomic E-state index is -0.0109. The Morgan fingerprint density at radius 2 is 2.10 bits per heavy atom. The van der Waals surface area contributed by atoms with Crippen molar-refractivity contribution in [1.29, 1.82) is 0 Å². The molecular formula is C14H14N4OS. The smallest absolute Gasteiger partial charge is 0.193 e. The maximum Gasteiger partial charge on any atom is 0.193 e. The van der Waals surface area contributed by atoms with E-state index in [-0.39, 0.29) is 5.84 Å². The lowest BCUT2D eigenvalue weighted by Gasteiger charge is -2.05. The van der Waals surface area contributed by atoms with Gasteiger partial charge in [0.1, 0.15) is 5.69 Å². The van der Waals surface area contributed by atoms with Crippen LogP contribution in [0.4, 0.5) is 0 Å². The van der Waals surface area contributed by atoms with Gasteiger partial charge in [0, 0.05) is 11.1 Å². The van der Waals surface area contributed by atoms with Gasteiger partial charge in [0.05, 0.1) is 0 Å². The molecule has 0 fully saturated rings. The van der Waals surface area contributed by atoms with Crippen LogP contribution in [-0.2, 0) is 12.8 Å². The summed E-state index contributed by atoms with van der Waals surface area (Å²) in [5.74, 6) is -0.0109. The Kier molecular flexibility index (Phi) is 3.56. The molecule has 0 spiro atoms. The van der Waals surface area contributed by atoms with E-state index in [1.54, 1.807) is 12.3 Å². The van der Waals surface area contributed by atoms with Crippen LogP contribution in [-0.4, -0.2) is 21.0 Å². The SMILES string of the molecule is N/C(=N/O)c1ccnc(Sc2ccc3c(c2)CCC3)n1. The van der Waals surface area contributed by atoms with E-state index in [0.29, 0.717) is 10.9 Å². The van der Waals surface area contributed by atoms with E-state index in [2.05, 4.69) is 33.3 Å². The first-order chi connectivity index (χ1) is 9.76. The molecule has 5 nitrogen and oxygen atoms in total. The lowest BCUT2D eigenvalue weighted by Crippen LogP contribution is -2.15. The summed E-state index contributed by atoms with van der Waals surface area (Å²) in [6.45, 7) is 0. The molecule has 3 N–H and O–H groups in total. The van der Waals surface area contributed by atoms with E-state index >= 15 is 0 Å². The van der Waals surface area contributed by atoms with Crippen LogP contribution < -0.4 is 5.73 Å². The summed E-state index contributed by atoms with van der Waals surface area (Å²) < 4.78 is 0. The first-order valence-electron chi connectivity index (χ1n) is 6.37. The van der Waals surface area contributed by atoms with Crippen molar-refractivity contribution in [3.05, 3.63) is 47.3 Å². The number of aryl methyl sites for hydroxylation is 2. The van der Waals surface area contributed by atoms with Gasteiger partial charge in [-0.1, -0.05) is 11.2 Å². The van der Waals surface area contributed by atoms with Gasteiger partial charge in [-0.15, -0.1) is 0 Å². The summed E-state index contributed by atoms with van der Waals surface area (Å²) in [4.78, 5) is 9.59. The number of benzene rings is 1. The summed E-state index contributed by atoms with van der Waals surface area (Å²) in [7, 11) is 0. The van der Waals surface area contributed by atoms with Gasteiger partial charge < -0.3 is 10.9 Å². The average Bonchev–Trinajstić information content (AvgIpc) is 2.94. The number of rotatable bonds is 3. The number of hydrogen-bond donors (Lipinski definition) is 2. The van der Waals surface area contributed by atoms with Crippen molar-refractivity contribution in [3.8, 4) is 0 Å². The van der Waals surface area contributed by atoms with Crippen LogP contribution in [0.15, 0.2) is 45.7 Å². The van der Waals surface area contributed by atoms with Gasteiger partial charge in [-0.2, -0.15) is 0 Å². The summed E-state index contributed by atoms with van der Waals surface area (Å²) in [5.41, 5.74) is 8.82. The third-order valence-corrected chi connectivity index (χ3v) is 4.15. The maximum atomic E-state index is 8.67. The Morgan fingerprint density at radius 3 is 2.95 bits per heavy atom. The molecule has 1 aromatic heterocycles. The van der Waals surface area contributed by atoms with Crippen LogP contribution in [0.3, 0.4) is 0 Å². The first kappa shape index (κ1) is 12.9. The van der Waals surface area contributed by atoms with Gasteiger partial charge in [0.25, 0.3) is 0 Å². The molecule has 1 aliphatic carbocycles. The molecule has 0 radical (unpaired) electrons. The van der Waals surface area contributed by atoms with E-state index in [0.717, 1.165) is 11.3 Å². The van der Waals surface area contributed by atoms with Gasteiger partial charge in [-0.3, -0.25) is 0 Å². The van der Waals surface area contributed by atoms with Crippen molar-refractivity contribution in [1.82, 2.24) is 9.97 Å². The van der Waals surface area contributed by atoms with Crippen LogP contribution in [0.25, 0.3) is 0 Å². The monoisotopic (exact) mass is 286 g/mol. The minimum absolute atomic E-state index is 0.0109. The van der Waals surface area contributed by atoms with Crippen molar-refractivity contribution in [2.45, 2.75) is 29.3 Å². The molecule has 102 valence electrons. The number of hydrogen-bond acceptors (Lipinski definition) is 5. The summed E-state index contributed by atoms with van der Waals surface area (Å²) >= 11 is 1.48. The van der Waals surface area contributed by atoms with Gasteiger partial charge in [-0.25, -0.2) is 9.97 Å². The summed E-state index contributed by atoms with van der Waals surface area (Å²) in [6.07, 6.45) is 5.17. The zero-order valence-electron chi connectivity index (χ0n) is 10.8. The van der Waals surface area contributed by atoms with Crippen molar-refractivity contribution < 1.29 is 5.21 Å². The predicted molar refractivity (Wildman–Crippen MR) is 77.1 cm³/mol. The Hall–Kier alpha value is -2.08. The second-order valence-corrected chi connectivity index (χ2v) is 5.64. The minimum Gasteiger partial charge on any atom is -0.409 e. The fourth-order valence-electron chi connectivity index (χ4n) is 2.30. The number of amidine groups is 1. The maximum absolute atomic E-state index is 8.67. The van der Waals surface area contributed by atoms with Crippen molar-refractivity contribution in [3.63, 3.8) is 0 Å². The van der Waals surface area contributed by atoms with E-state index in [4.69, 9.17) is 10.9 Å². The predicted octanol–water partition coefficient (Wildman–Crippen LogP) is 2.21. The topological polar surface area (TPSA) is 84.4 Å². The fourth-order valence-corrected chi connectivity index (χ4v) is 3.11. The zero-order valence-corrected chi connectivity index (χ0v) is 11.6. The number of nitrogens with two attached hydrogens (primary N) is 1. The van der Waals surface area contributed by atoms with Crippen molar-refractivity contribution >= 4 is 17.6 Å². The van der Waals surface area contributed by atoms with Crippen LogP contribution in [0, 0.1) is 0 Å². The van der Waals surface area contributed by atoms with Crippen LogP contribution in [0.1, 0.15) is 23.2 Å². The fraction of sp³-hybridized carbons (Fsp3) is 0.214. The van der Waals surface area contributed by atoms with Gasteiger partial charge in [0.2, 0.25) is 0 Å². The third kappa shape index (κ3) is 2.60. The highest BCUT2D eigenvalue weighted by Gasteiger charge is 2.12. The van der Waals surface area contributed by atoms with E-state index < -0.39 is 0 Å². The van der Waals surface area contributed by atoms with Crippen LogP contribution >= 0.6 is 11.8 Å². The van der Waals surface area contributed by atoms with Crippen molar-refractivity contribution in [2.24, 2.45) is 10.9 Å². The second kappa shape index (κ2) is 5.50. The number of fused-ring (bicyclic) bond motifs is 1. The van der Waals surface area contributed by atoms with Gasteiger partial charge in [0.15, 0.2) is 11.0 Å². The number of aromatic nitrogens is 2. The molecule has 1 aromatic carbocycles. The Bertz CT molecular complexity index is 672. The molecule has 0 bridgehead atoms. The molecular weight excluding hydrogens is 272 g/mol. The van der Waals surface area contributed by atoms with Gasteiger partial charge >= 0.3 is 0 Å². The largest absolute Gasteiger partial charge is 0.409 e. The number of nitrogens with zero attached hydrogens (tertiary/aromatic N) is 3. The zero-order chi connectivity index (χ0) is 13.9. The standard InChI is InChI=1S/C14H14N4OS/c15-13(18-19)12-6-7-16-14(17-12)20-11-5-4-9-2-1-3-10(9)8-11/h4-8,19H,1-3H2,(H2,15,18). The molecule has 0 atom stereocenters. The molecule has 1 heterocycles. The second-order valence-electron chi connectivity index (χ2n) is 4.60. The van der Waals surface area contributed by atoms with E-state index in [1.165, 1.54) is 35.7 Å². The van der Waals surface area contributed by atoms with Crippen molar-refractivity contribution in [2.75, 3.05) is 0 Å². The Balaban J connectivity index is 1.84. The molecule has 20 heavy (non-hydrogen) atoms. The average molecular weight is 286 g/mol. The molecule has 0 aliphatic heterocycles. The highest BCUT2D eigenvalue weighted by Crippen LogP contribution is 2.30. The molecule has 0 saturated heterocycles. The highest BCUT2D eigenvalue weighted by atomic mass is 32.2. The van der Waals surface area contributed by atoms with Gasteiger partial charge in [-0.05, 0) is 60.4 Å². The highest BCUT2D eigenvalue weighted by molar-refractivity contribution is 7.99. The normalized spacial score (nSPS) is 14.3. The number of oxime groups is 1. The van der Waals surface area contributed by atoms with E-state index in [1.807, 2.05) is 0 Å². The Labute approximate surface area is 120 Å². The molecule has 3 rings (SSSR count). The quantitative estimate of drug-likeness (QED) is 0.297. The summed E-state index contributed by atoms with van der Waals surface area (Å²) in [5, 5.41) is 12.2. The molecule has 2 aromatic rings. The Morgan fingerprint density at radius 1 is 1.25 bits per heavy atom. The molecule has 0 amide bonds. The third-order valence-electron chi connectivity index (χ3n) is 3.28.